The van der Waals surface area contributed by atoms with Crippen molar-refractivity contribution in [3.8, 4) is 34.3 Å². The molecule has 0 aliphatic carbocycles. The van der Waals surface area contributed by atoms with Gasteiger partial charge < -0.3 is 9.05 Å². The highest BCUT2D eigenvalue weighted by molar-refractivity contribution is 5.70. The lowest BCUT2D eigenvalue weighted by molar-refractivity contribution is 0.386. The summed E-state index contributed by atoms with van der Waals surface area (Å²) in [5, 5.41) is 8.27. The van der Waals surface area contributed by atoms with Crippen molar-refractivity contribution in [3.63, 3.8) is 0 Å². The number of aromatic nitrogens is 3. The van der Waals surface area contributed by atoms with Crippen molar-refractivity contribution in [1.82, 2.24) is 15.3 Å². The second kappa shape index (κ2) is 6.44. The van der Waals surface area contributed by atoms with Crippen molar-refractivity contribution >= 4 is 6.08 Å². The van der Waals surface area contributed by atoms with Gasteiger partial charge in [0, 0.05) is 16.7 Å². The first-order valence-corrected chi connectivity index (χ1v) is 8.26. The van der Waals surface area contributed by atoms with Gasteiger partial charge in [-0.25, -0.2) is 0 Å². The van der Waals surface area contributed by atoms with Crippen LogP contribution in [0, 0.1) is 13.8 Å². The first-order chi connectivity index (χ1) is 12.7. The zero-order chi connectivity index (χ0) is 18.1. The number of aryl methyl sites for hydroxylation is 1. The molecule has 0 atom stereocenters. The molecule has 0 aliphatic rings. The van der Waals surface area contributed by atoms with Gasteiger partial charge >= 0.3 is 0 Å². The summed E-state index contributed by atoms with van der Waals surface area (Å²) in [5.41, 5.74) is 5.63. The summed E-state index contributed by atoms with van der Waals surface area (Å²) in [6.07, 6.45) is 1.81. The van der Waals surface area contributed by atoms with Crippen LogP contribution in [0.25, 0.3) is 40.4 Å². The number of rotatable bonds is 4. The molecule has 2 heterocycles. The van der Waals surface area contributed by atoms with Crippen LogP contribution in [0.5, 0.6) is 0 Å². The van der Waals surface area contributed by atoms with Crippen LogP contribution >= 0.6 is 0 Å². The van der Waals surface area contributed by atoms with E-state index >= 15 is 0 Å². The molecule has 0 spiro atoms. The fourth-order valence-electron chi connectivity index (χ4n) is 2.89. The standard InChI is InChI=1S/C21H17N3O2/c1-4-15-10-11-17(13(2)12-15)20-22-21(26-24-20)19-14(3)18(23-25-19)16-8-6-5-7-9-16/h4-12H,1H2,2-3H3. The maximum Gasteiger partial charge on any atom is 0.297 e. The maximum atomic E-state index is 5.49. The quantitative estimate of drug-likeness (QED) is 0.502. The Morgan fingerprint density at radius 2 is 1.77 bits per heavy atom. The van der Waals surface area contributed by atoms with E-state index in [1.54, 1.807) is 6.08 Å². The largest absolute Gasteiger partial charge is 0.350 e. The van der Waals surface area contributed by atoms with E-state index < -0.39 is 0 Å². The molecule has 0 amide bonds. The van der Waals surface area contributed by atoms with Gasteiger partial charge in [0.15, 0.2) is 0 Å². The molecule has 26 heavy (non-hydrogen) atoms. The molecule has 0 N–H and O–H groups in total. The van der Waals surface area contributed by atoms with Gasteiger partial charge in [-0.15, -0.1) is 0 Å². The van der Waals surface area contributed by atoms with Gasteiger partial charge in [0.05, 0.1) is 0 Å². The summed E-state index contributed by atoms with van der Waals surface area (Å²) in [6.45, 7) is 7.72. The van der Waals surface area contributed by atoms with Crippen molar-refractivity contribution in [2.24, 2.45) is 0 Å². The molecule has 5 nitrogen and oxygen atoms in total. The lowest BCUT2D eigenvalue weighted by Gasteiger charge is -2.01. The van der Waals surface area contributed by atoms with Crippen LogP contribution in [0.15, 0.2) is 64.2 Å². The lowest BCUT2D eigenvalue weighted by Crippen LogP contribution is -1.87. The van der Waals surface area contributed by atoms with E-state index in [1.165, 1.54) is 0 Å². The van der Waals surface area contributed by atoms with Gasteiger partial charge in [-0.05, 0) is 25.0 Å². The average Bonchev–Trinajstić information content (AvgIpc) is 3.29. The highest BCUT2D eigenvalue weighted by Gasteiger charge is 2.21. The third kappa shape index (κ3) is 2.73. The van der Waals surface area contributed by atoms with E-state index in [0.29, 0.717) is 17.5 Å². The molecule has 4 rings (SSSR count). The molecular weight excluding hydrogens is 326 g/mol. The molecule has 0 fully saturated rings. The third-order valence-corrected chi connectivity index (χ3v) is 4.32. The third-order valence-electron chi connectivity index (χ3n) is 4.32. The van der Waals surface area contributed by atoms with E-state index in [1.807, 2.05) is 62.4 Å². The predicted octanol–water partition coefficient (Wildman–Crippen LogP) is 5.32. The van der Waals surface area contributed by atoms with Crippen LogP contribution in [-0.4, -0.2) is 15.3 Å². The minimum Gasteiger partial charge on any atom is -0.350 e. The maximum absolute atomic E-state index is 5.49. The predicted molar refractivity (Wildman–Crippen MR) is 100 cm³/mol. The summed E-state index contributed by atoms with van der Waals surface area (Å²) in [7, 11) is 0. The molecule has 5 heteroatoms. The van der Waals surface area contributed by atoms with Crippen LogP contribution in [0.3, 0.4) is 0 Å². The second-order valence-electron chi connectivity index (χ2n) is 6.05. The first-order valence-electron chi connectivity index (χ1n) is 8.26. The Morgan fingerprint density at radius 1 is 0.962 bits per heavy atom. The Hall–Kier alpha value is -3.47. The molecule has 128 valence electrons. The van der Waals surface area contributed by atoms with Gasteiger partial charge in [0.2, 0.25) is 11.6 Å². The molecule has 2 aromatic carbocycles. The molecule has 0 unspecified atom stereocenters. The molecule has 0 radical (unpaired) electrons. The molecular formula is C21H17N3O2. The molecule has 0 saturated heterocycles. The number of nitrogens with zero attached hydrogens (tertiary/aromatic N) is 3. The monoisotopic (exact) mass is 343 g/mol. The molecule has 0 aliphatic heterocycles. The normalized spacial score (nSPS) is 10.8. The van der Waals surface area contributed by atoms with Crippen LogP contribution in [0.1, 0.15) is 16.7 Å². The van der Waals surface area contributed by atoms with E-state index in [2.05, 4.69) is 21.9 Å². The van der Waals surface area contributed by atoms with Gasteiger partial charge in [-0.2, -0.15) is 4.98 Å². The Labute approximate surface area is 151 Å². The van der Waals surface area contributed by atoms with Crippen molar-refractivity contribution in [2.75, 3.05) is 0 Å². The fraction of sp³-hybridized carbons (Fsp3) is 0.0952. The zero-order valence-electron chi connectivity index (χ0n) is 14.6. The Balaban J connectivity index is 1.71. The van der Waals surface area contributed by atoms with Gasteiger partial charge in [-0.3, -0.25) is 0 Å². The second-order valence-corrected chi connectivity index (χ2v) is 6.05. The van der Waals surface area contributed by atoms with E-state index in [-0.39, 0.29) is 0 Å². The van der Waals surface area contributed by atoms with Gasteiger partial charge in [-0.1, -0.05) is 71.5 Å². The smallest absolute Gasteiger partial charge is 0.297 e. The fourth-order valence-corrected chi connectivity index (χ4v) is 2.89. The minimum absolute atomic E-state index is 0.319. The Bertz CT molecular complexity index is 1080. The van der Waals surface area contributed by atoms with Crippen LogP contribution < -0.4 is 0 Å². The van der Waals surface area contributed by atoms with E-state index in [4.69, 9.17) is 9.05 Å². The van der Waals surface area contributed by atoms with Crippen LogP contribution in [0.4, 0.5) is 0 Å². The summed E-state index contributed by atoms with van der Waals surface area (Å²) in [6, 6.07) is 15.8. The van der Waals surface area contributed by atoms with Crippen molar-refractivity contribution in [2.45, 2.75) is 13.8 Å². The highest BCUT2D eigenvalue weighted by Crippen LogP contribution is 2.32. The summed E-state index contributed by atoms with van der Waals surface area (Å²) >= 11 is 0. The Kier molecular flexibility index (Phi) is 3.97. The SMILES string of the molecule is C=Cc1ccc(-c2noc(-c3onc(-c4ccccc4)c3C)n2)c(C)c1. The number of hydrogen-bond acceptors (Lipinski definition) is 5. The first kappa shape index (κ1) is 16.0. The van der Waals surface area contributed by atoms with Crippen molar-refractivity contribution < 1.29 is 9.05 Å². The summed E-state index contributed by atoms with van der Waals surface area (Å²) < 4.78 is 10.9. The molecule has 4 aromatic rings. The van der Waals surface area contributed by atoms with E-state index in [0.717, 1.165) is 33.5 Å². The average molecular weight is 343 g/mol. The molecule has 0 saturated carbocycles. The van der Waals surface area contributed by atoms with Crippen molar-refractivity contribution in [3.05, 3.63) is 71.8 Å². The van der Waals surface area contributed by atoms with Crippen molar-refractivity contribution in [1.29, 1.82) is 0 Å². The van der Waals surface area contributed by atoms with Gasteiger partial charge in [0.1, 0.15) is 5.69 Å². The number of benzene rings is 2. The minimum atomic E-state index is 0.319. The highest BCUT2D eigenvalue weighted by atomic mass is 16.5. The van der Waals surface area contributed by atoms with Crippen LogP contribution in [-0.2, 0) is 0 Å². The lowest BCUT2D eigenvalue weighted by atomic mass is 10.0. The number of hydrogen-bond donors (Lipinski definition) is 0. The van der Waals surface area contributed by atoms with Gasteiger partial charge in [0.25, 0.3) is 5.89 Å². The van der Waals surface area contributed by atoms with E-state index in [9.17, 15) is 0 Å². The molecule has 0 bridgehead atoms. The summed E-state index contributed by atoms with van der Waals surface area (Å²) in [5.74, 6) is 1.33. The topological polar surface area (TPSA) is 65.0 Å². The Morgan fingerprint density at radius 3 is 2.50 bits per heavy atom. The summed E-state index contributed by atoms with van der Waals surface area (Å²) in [4.78, 5) is 4.50. The molecule has 2 aromatic heterocycles. The zero-order valence-corrected chi connectivity index (χ0v) is 14.6. The van der Waals surface area contributed by atoms with Crippen LogP contribution in [0.2, 0.25) is 0 Å².